The molecule has 0 aliphatic rings. The number of hydrogen-bond acceptors (Lipinski definition) is 3. The highest BCUT2D eigenvalue weighted by molar-refractivity contribution is 8.93. The summed E-state index contributed by atoms with van der Waals surface area (Å²) in [5, 5.41) is 6.68. The first-order valence-corrected chi connectivity index (χ1v) is 10.7. The van der Waals surface area contributed by atoms with Crippen LogP contribution < -0.4 is 5.32 Å². The maximum atomic E-state index is 4.92. The second kappa shape index (κ2) is 9.86. The van der Waals surface area contributed by atoms with E-state index in [0.717, 1.165) is 29.2 Å². The number of hydrogen-bond donors (Lipinski definition) is 1. The van der Waals surface area contributed by atoms with Crippen molar-refractivity contribution < 1.29 is 0 Å². The van der Waals surface area contributed by atoms with Gasteiger partial charge in [0, 0.05) is 16.6 Å². The predicted molar refractivity (Wildman–Crippen MR) is 132 cm³/mol. The lowest BCUT2D eigenvalue weighted by atomic mass is 9.98. The van der Waals surface area contributed by atoms with Gasteiger partial charge < -0.3 is 5.32 Å². The van der Waals surface area contributed by atoms with Gasteiger partial charge in [-0.15, -0.1) is 28.3 Å². The first-order chi connectivity index (χ1) is 13.8. The van der Waals surface area contributed by atoms with Gasteiger partial charge in [-0.25, -0.2) is 4.98 Å². The Morgan fingerprint density at radius 3 is 2.03 bits per heavy atom. The van der Waals surface area contributed by atoms with Crippen LogP contribution in [0, 0.1) is 0 Å². The molecule has 1 heterocycles. The Morgan fingerprint density at radius 2 is 1.38 bits per heavy atom. The Bertz CT molecular complexity index is 1050. The minimum atomic E-state index is 0. The summed E-state index contributed by atoms with van der Waals surface area (Å²) in [5.74, 6) is 0. The molecule has 0 saturated carbocycles. The largest absolute Gasteiger partial charge is 0.331 e. The fourth-order valence-electron chi connectivity index (χ4n) is 3.54. The molecular weight excluding hydrogens is 440 g/mol. The van der Waals surface area contributed by atoms with Crippen LogP contribution >= 0.6 is 28.3 Å². The Hall–Kier alpha value is -2.43. The number of nitrogens with zero attached hydrogens (tertiary/aromatic N) is 1. The highest BCUT2D eigenvalue weighted by Crippen LogP contribution is 2.35. The van der Waals surface area contributed by atoms with Crippen molar-refractivity contribution in [2.75, 3.05) is 5.32 Å². The van der Waals surface area contributed by atoms with E-state index in [1.807, 2.05) is 6.07 Å². The van der Waals surface area contributed by atoms with E-state index < -0.39 is 0 Å². The number of benzene rings is 3. The number of nitrogens with one attached hydrogen (secondary N) is 1. The maximum Gasteiger partial charge on any atom is 0.187 e. The number of thiazole rings is 1. The molecule has 0 bridgehead atoms. The zero-order valence-electron chi connectivity index (χ0n) is 16.7. The van der Waals surface area contributed by atoms with E-state index in [1.165, 1.54) is 27.9 Å². The zero-order chi connectivity index (χ0) is 19.3. The minimum absolute atomic E-state index is 0. The SMILES string of the molecule is Br.CCc1cccc(CC)c1Nc1nc(-c2ccccc2-c2ccccc2)cs1. The molecule has 3 aromatic carbocycles. The average molecular weight is 465 g/mol. The second-order valence-corrected chi connectivity index (χ2v) is 7.59. The topological polar surface area (TPSA) is 24.9 Å². The number of para-hydroxylation sites is 1. The number of halogens is 1. The van der Waals surface area contributed by atoms with Crippen LogP contribution in [0.1, 0.15) is 25.0 Å². The van der Waals surface area contributed by atoms with E-state index >= 15 is 0 Å². The molecule has 0 fully saturated rings. The van der Waals surface area contributed by atoms with Crippen LogP contribution in [0.4, 0.5) is 10.8 Å². The predicted octanol–water partition coefficient (Wildman–Crippen LogP) is 7.92. The van der Waals surface area contributed by atoms with Crippen molar-refractivity contribution in [2.45, 2.75) is 26.7 Å². The molecule has 4 aromatic rings. The Balaban J connectivity index is 0.00000240. The molecule has 4 heteroatoms. The molecule has 0 radical (unpaired) electrons. The molecule has 0 spiro atoms. The van der Waals surface area contributed by atoms with Crippen LogP contribution in [0.5, 0.6) is 0 Å². The first-order valence-electron chi connectivity index (χ1n) is 9.78. The molecule has 148 valence electrons. The summed E-state index contributed by atoms with van der Waals surface area (Å²) in [6.07, 6.45) is 2.01. The van der Waals surface area contributed by atoms with Gasteiger partial charge in [0.1, 0.15) is 0 Å². The quantitative estimate of drug-likeness (QED) is 0.313. The van der Waals surface area contributed by atoms with E-state index in [1.54, 1.807) is 11.3 Å². The third kappa shape index (κ3) is 4.60. The normalized spacial score (nSPS) is 10.4. The van der Waals surface area contributed by atoms with Crippen LogP contribution in [-0.4, -0.2) is 4.98 Å². The van der Waals surface area contributed by atoms with Gasteiger partial charge >= 0.3 is 0 Å². The number of rotatable bonds is 6. The van der Waals surface area contributed by atoms with Crippen molar-refractivity contribution in [3.63, 3.8) is 0 Å². The smallest absolute Gasteiger partial charge is 0.187 e. The highest BCUT2D eigenvalue weighted by atomic mass is 79.9. The van der Waals surface area contributed by atoms with Gasteiger partial charge in [-0.2, -0.15) is 0 Å². The molecule has 1 N–H and O–H groups in total. The molecule has 4 rings (SSSR count). The molecule has 0 atom stereocenters. The molecule has 1 aromatic heterocycles. The van der Waals surface area contributed by atoms with Crippen molar-refractivity contribution in [3.8, 4) is 22.4 Å². The van der Waals surface area contributed by atoms with Crippen molar-refractivity contribution >= 4 is 39.1 Å². The summed E-state index contributed by atoms with van der Waals surface area (Å²) in [5.41, 5.74) is 8.48. The molecule has 2 nitrogen and oxygen atoms in total. The summed E-state index contributed by atoms with van der Waals surface area (Å²) in [6.45, 7) is 4.40. The highest BCUT2D eigenvalue weighted by Gasteiger charge is 2.12. The van der Waals surface area contributed by atoms with Crippen molar-refractivity contribution in [1.82, 2.24) is 4.98 Å². The van der Waals surface area contributed by atoms with Crippen LogP contribution in [0.2, 0.25) is 0 Å². The molecule has 0 unspecified atom stereocenters. The molecule has 0 aliphatic heterocycles. The fourth-order valence-corrected chi connectivity index (χ4v) is 4.26. The van der Waals surface area contributed by atoms with E-state index in [2.05, 4.69) is 91.3 Å². The standard InChI is InChI=1S/C25H24N2S.BrH/c1-3-18-13-10-14-19(4-2)24(18)27-25-26-23(17-28-25)22-16-9-8-15-21(22)20-11-6-5-7-12-20;/h5-17H,3-4H2,1-2H3,(H,26,27);1H. The average Bonchev–Trinajstić information content (AvgIpc) is 3.23. The summed E-state index contributed by atoms with van der Waals surface area (Å²) in [7, 11) is 0. The Labute approximate surface area is 187 Å². The van der Waals surface area contributed by atoms with Crippen LogP contribution in [0.25, 0.3) is 22.4 Å². The third-order valence-electron chi connectivity index (χ3n) is 5.02. The third-order valence-corrected chi connectivity index (χ3v) is 5.78. The summed E-state index contributed by atoms with van der Waals surface area (Å²) < 4.78 is 0. The zero-order valence-corrected chi connectivity index (χ0v) is 19.2. The molecule has 0 aliphatic carbocycles. The van der Waals surface area contributed by atoms with E-state index in [-0.39, 0.29) is 17.0 Å². The minimum Gasteiger partial charge on any atom is -0.331 e. The van der Waals surface area contributed by atoms with Crippen LogP contribution in [0.3, 0.4) is 0 Å². The molecule has 29 heavy (non-hydrogen) atoms. The van der Waals surface area contributed by atoms with Crippen LogP contribution in [-0.2, 0) is 12.8 Å². The van der Waals surface area contributed by atoms with E-state index in [4.69, 9.17) is 4.98 Å². The van der Waals surface area contributed by atoms with Gasteiger partial charge in [0.25, 0.3) is 0 Å². The van der Waals surface area contributed by atoms with Gasteiger partial charge in [-0.3, -0.25) is 0 Å². The molecular formula is C25H25BrN2S. The van der Waals surface area contributed by atoms with Gasteiger partial charge in [0.05, 0.1) is 5.69 Å². The molecule has 0 amide bonds. The van der Waals surface area contributed by atoms with Gasteiger partial charge in [0.2, 0.25) is 0 Å². The lowest BCUT2D eigenvalue weighted by Crippen LogP contribution is -1.99. The van der Waals surface area contributed by atoms with Gasteiger partial charge in [0.15, 0.2) is 5.13 Å². The number of anilines is 2. The monoisotopic (exact) mass is 464 g/mol. The number of aromatic nitrogens is 1. The van der Waals surface area contributed by atoms with E-state index in [9.17, 15) is 0 Å². The van der Waals surface area contributed by atoms with Gasteiger partial charge in [-0.05, 0) is 35.1 Å². The lowest BCUT2D eigenvalue weighted by molar-refractivity contribution is 1.09. The van der Waals surface area contributed by atoms with Gasteiger partial charge in [-0.1, -0.05) is 86.6 Å². The van der Waals surface area contributed by atoms with Crippen molar-refractivity contribution in [2.24, 2.45) is 0 Å². The maximum absolute atomic E-state index is 4.92. The second-order valence-electron chi connectivity index (χ2n) is 6.73. The Kier molecular flexibility index (Phi) is 7.24. The first kappa shape index (κ1) is 21.3. The fraction of sp³-hybridized carbons (Fsp3) is 0.160. The van der Waals surface area contributed by atoms with Crippen molar-refractivity contribution in [3.05, 3.63) is 89.3 Å². The van der Waals surface area contributed by atoms with Crippen LogP contribution in [0.15, 0.2) is 78.2 Å². The summed E-state index contributed by atoms with van der Waals surface area (Å²) >= 11 is 1.66. The Morgan fingerprint density at radius 1 is 0.759 bits per heavy atom. The number of aryl methyl sites for hydroxylation is 2. The summed E-state index contributed by atoms with van der Waals surface area (Å²) in [6, 6.07) is 25.5. The summed E-state index contributed by atoms with van der Waals surface area (Å²) in [4.78, 5) is 4.92. The lowest BCUT2D eigenvalue weighted by Gasteiger charge is -2.13. The van der Waals surface area contributed by atoms with Crippen molar-refractivity contribution in [1.29, 1.82) is 0 Å². The van der Waals surface area contributed by atoms with E-state index in [0.29, 0.717) is 0 Å². The molecule has 0 saturated heterocycles.